The van der Waals surface area contributed by atoms with E-state index in [1.807, 2.05) is 4.68 Å². The third kappa shape index (κ3) is 1.49. The van der Waals surface area contributed by atoms with Crippen LogP contribution in [0.15, 0.2) is 10.7 Å². The Hall–Kier alpha value is -0.390. The van der Waals surface area contributed by atoms with E-state index < -0.39 is 5.60 Å². The van der Waals surface area contributed by atoms with Gasteiger partial charge in [-0.2, -0.15) is 5.10 Å². The summed E-state index contributed by atoms with van der Waals surface area (Å²) >= 11 is 3.43. The van der Waals surface area contributed by atoms with Crippen molar-refractivity contribution in [3.63, 3.8) is 0 Å². The van der Waals surface area contributed by atoms with Gasteiger partial charge in [-0.3, -0.25) is 4.68 Å². The Labute approximate surface area is 91.4 Å². The minimum absolute atomic E-state index is 0.612. The number of hydrogen-bond donors (Lipinski definition) is 2. The van der Waals surface area contributed by atoms with Crippen molar-refractivity contribution in [3.8, 4) is 0 Å². The molecular formula is C9H14BrN3O. The maximum atomic E-state index is 10.2. The van der Waals surface area contributed by atoms with Crippen LogP contribution in [0.25, 0.3) is 0 Å². The lowest BCUT2D eigenvalue weighted by molar-refractivity contribution is -0.0232. The molecule has 2 N–H and O–H groups in total. The minimum Gasteiger partial charge on any atom is -0.381 e. The van der Waals surface area contributed by atoms with E-state index in [1.165, 1.54) is 0 Å². The van der Waals surface area contributed by atoms with Gasteiger partial charge in [0.05, 0.1) is 16.4 Å². The van der Waals surface area contributed by atoms with Gasteiger partial charge in [-0.1, -0.05) is 6.92 Å². The highest BCUT2D eigenvalue weighted by Gasteiger charge is 2.40. The Morgan fingerprint density at radius 3 is 2.93 bits per heavy atom. The zero-order valence-electron chi connectivity index (χ0n) is 8.13. The SMILES string of the molecule is CCCn1ncc(Br)c1C1(O)CNC1. The smallest absolute Gasteiger partial charge is 0.132 e. The van der Waals surface area contributed by atoms with Gasteiger partial charge in [-0.25, -0.2) is 0 Å². The van der Waals surface area contributed by atoms with Gasteiger partial charge in [0, 0.05) is 19.6 Å². The second kappa shape index (κ2) is 3.64. The molecule has 1 aromatic rings. The van der Waals surface area contributed by atoms with Gasteiger partial charge in [-0.05, 0) is 22.4 Å². The van der Waals surface area contributed by atoms with Gasteiger partial charge in [0.15, 0.2) is 0 Å². The Balaban J connectivity index is 2.34. The fraction of sp³-hybridized carbons (Fsp3) is 0.667. The van der Waals surface area contributed by atoms with Crippen LogP contribution in [-0.2, 0) is 12.1 Å². The molecule has 0 atom stereocenters. The van der Waals surface area contributed by atoms with E-state index in [-0.39, 0.29) is 0 Å². The highest BCUT2D eigenvalue weighted by atomic mass is 79.9. The molecule has 14 heavy (non-hydrogen) atoms. The molecular weight excluding hydrogens is 246 g/mol. The van der Waals surface area contributed by atoms with Crippen molar-refractivity contribution >= 4 is 15.9 Å². The first kappa shape index (κ1) is 10.1. The largest absolute Gasteiger partial charge is 0.381 e. The number of aryl methyl sites for hydroxylation is 1. The Bertz CT molecular complexity index is 333. The van der Waals surface area contributed by atoms with Crippen molar-refractivity contribution in [2.24, 2.45) is 0 Å². The van der Waals surface area contributed by atoms with Crippen LogP contribution in [0.4, 0.5) is 0 Å². The van der Waals surface area contributed by atoms with Gasteiger partial charge in [-0.15, -0.1) is 0 Å². The average molecular weight is 260 g/mol. The van der Waals surface area contributed by atoms with E-state index in [4.69, 9.17) is 0 Å². The molecule has 0 unspecified atom stereocenters. The summed E-state index contributed by atoms with van der Waals surface area (Å²) in [4.78, 5) is 0. The highest BCUT2D eigenvalue weighted by Crippen LogP contribution is 2.31. The second-order valence-electron chi connectivity index (χ2n) is 3.70. The fourth-order valence-electron chi connectivity index (χ4n) is 1.74. The predicted molar refractivity (Wildman–Crippen MR) is 57.0 cm³/mol. The predicted octanol–water partition coefficient (Wildman–Crippen LogP) is 0.846. The van der Waals surface area contributed by atoms with Crippen LogP contribution >= 0.6 is 15.9 Å². The zero-order chi connectivity index (χ0) is 10.2. The van der Waals surface area contributed by atoms with E-state index in [0.717, 1.165) is 23.1 Å². The summed E-state index contributed by atoms with van der Waals surface area (Å²) in [5, 5.41) is 17.5. The molecule has 0 aliphatic carbocycles. The highest BCUT2D eigenvalue weighted by molar-refractivity contribution is 9.10. The minimum atomic E-state index is -0.732. The molecule has 0 radical (unpaired) electrons. The van der Waals surface area contributed by atoms with Gasteiger partial charge >= 0.3 is 0 Å². The standard InChI is InChI=1S/C9H14BrN3O/c1-2-3-13-8(7(10)4-12-13)9(14)5-11-6-9/h4,11,14H,2-3,5-6H2,1H3. The van der Waals surface area contributed by atoms with Crippen LogP contribution in [0.3, 0.4) is 0 Å². The van der Waals surface area contributed by atoms with E-state index in [9.17, 15) is 5.11 Å². The molecule has 0 spiro atoms. The molecule has 0 amide bonds. The van der Waals surface area contributed by atoms with Crippen molar-refractivity contribution in [3.05, 3.63) is 16.4 Å². The average Bonchev–Trinajstić information content (AvgIpc) is 2.45. The monoisotopic (exact) mass is 259 g/mol. The lowest BCUT2D eigenvalue weighted by atomic mass is 9.93. The molecule has 2 rings (SSSR count). The van der Waals surface area contributed by atoms with Crippen LogP contribution in [0.1, 0.15) is 19.0 Å². The number of nitrogens with zero attached hydrogens (tertiary/aromatic N) is 2. The number of halogens is 1. The first-order chi connectivity index (χ1) is 6.67. The van der Waals surface area contributed by atoms with Gasteiger partial charge in [0.25, 0.3) is 0 Å². The molecule has 5 heteroatoms. The molecule has 1 aliphatic rings. The molecule has 1 saturated heterocycles. The van der Waals surface area contributed by atoms with Crippen LogP contribution in [0.2, 0.25) is 0 Å². The number of β-amino-alcohol motifs (C(OH)–C–C–N with tert-alkyl or cyclic N) is 1. The molecule has 1 aliphatic heterocycles. The Morgan fingerprint density at radius 1 is 1.71 bits per heavy atom. The molecule has 0 saturated carbocycles. The first-order valence-corrected chi connectivity index (χ1v) is 5.61. The molecule has 4 nitrogen and oxygen atoms in total. The van der Waals surface area contributed by atoms with Crippen LogP contribution in [0.5, 0.6) is 0 Å². The summed E-state index contributed by atoms with van der Waals surface area (Å²) in [6.07, 6.45) is 2.77. The number of rotatable bonds is 3. The number of nitrogens with one attached hydrogen (secondary N) is 1. The Kier molecular flexibility index (Phi) is 2.64. The van der Waals surface area contributed by atoms with Crippen molar-refractivity contribution in [2.45, 2.75) is 25.5 Å². The summed E-state index contributed by atoms with van der Waals surface area (Å²) in [6.45, 7) is 4.17. The van der Waals surface area contributed by atoms with E-state index >= 15 is 0 Å². The summed E-state index contributed by atoms with van der Waals surface area (Å²) in [5.41, 5.74) is 0.169. The third-order valence-electron chi connectivity index (χ3n) is 2.51. The van der Waals surface area contributed by atoms with Crippen LogP contribution < -0.4 is 5.32 Å². The first-order valence-electron chi connectivity index (χ1n) is 4.82. The second-order valence-corrected chi connectivity index (χ2v) is 4.55. The number of hydrogen-bond acceptors (Lipinski definition) is 3. The van der Waals surface area contributed by atoms with Crippen molar-refractivity contribution < 1.29 is 5.11 Å². The molecule has 1 fully saturated rings. The van der Waals surface area contributed by atoms with E-state index in [1.54, 1.807) is 6.20 Å². The van der Waals surface area contributed by atoms with E-state index in [2.05, 4.69) is 33.3 Å². The zero-order valence-corrected chi connectivity index (χ0v) is 9.71. The van der Waals surface area contributed by atoms with E-state index in [0.29, 0.717) is 13.1 Å². The Morgan fingerprint density at radius 2 is 2.43 bits per heavy atom. The van der Waals surface area contributed by atoms with Crippen molar-refractivity contribution in [1.29, 1.82) is 0 Å². The maximum absolute atomic E-state index is 10.2. The molecule has 0 bridgehead atoms. The maximum Gasteiger partial charge on any atom is 0.132 e. The van der Waals surface area contributed by atoms with Gasteiger partial charge in [0.2, 0.25) is 0 Å². The van der Waals surface area contributed by atoms with Gasteiger partial charge in [0.1, 0.15) is 5.60 Å². The normalized spacial score (nSPS) is 19.4. The lowest BCUT2D eigenvalue weighted by Crippen LogP contribution is -2.57. The molecule has 78 valence electrons. The number of aliphatic hydroxyl groups is 1. The third-order valence-corrected chi connectivity index (χ3v) is 3.09. The summed E-state index contributed by atoms with van der Waals surface area (Å²) in [5.74, 6) is 0. The van der Waals surface area contributed by atoms with Crippen LogP contribution in [-0.4, -0.2) is 28.0 Å². The molecule has 1 aromatic heterocycles. The van der Waals surface area contributed by atoms with Crippen LogP contribution in [0, 0.1) is 0 Å². The summed E-state index contributed by atoms with van der Waals surface area (Å²) < 4.78 is 2.78. The topological polar surface area (TPSA) is 50.1 Å². The molecule has 0 aromatic carbocycles. The summed E-state index contributed by atoms with van der Waals surface area (Å²) in [6, 6.07) is 0. The van der Waals surface area contributed by atoms with Gasteiger partial charge < -0.3 is 10.4 Å². The summed E-state index contributed by atoms with van der Waals surface area (Å²) in [7, 11) is 0. The fourth-order valence-corrected chi connectivity index (χ4v) is 2.40. The quantitative estimate of drug-likeness (QED) is 0.847. The lowest BCUT2D eigenvalue weighted by Gasteiger charge is -2.38. The van der Waals surface area contributed by atoms with Crippen molar-refractivity contribution in [1.82, 2.24) is 15.1 Å². The molecule has 2 heterocycles. The van der Waals surface area contributed by atoms with Crippen molar-refractivity contribution in [2.75, 3.05) is 13.1 Å². The number of aromatic nitrogens is 2.